The maximum atomic E-state index is 12.0. The van der Waals surface area contributed by atoms with Gasteiger partial charge in [0, 0.05) is 19.4 Å². The molecule has 0 saturated carbocycles. The minimum atomic E-state index is -0.853. The van der Waals surface area contributed by atoms with Gasteiger partial charge in [-0.25, -0.2) is 4.98 Å². The van der Waals surface area contributed by atoms with Crippen LogP contribution in [0.25, 0.3) is 0 Å². The van der Waals surface area contributed by atoms with Crippen molar-refractivity contribution in [2.45, 2.75) is 18.4 Å². The van der Waals surface area contributed by atoms with Crippen LogP contribution in [0.15, 0.2) is 12.3 Å². The van der Waals surface area contributed by atoms with E-state index in [1.807, 2.05) is 0 Å². The number of aromatic nitrogens is 1. The molecule has 1 aromatic rings. The molecule has 132 valence electrons. The summed E-state index contributed by atoms with van der Waals surface area (Å²) in [4.78, 5) is 16.0. The van der Waals surface area contributed by atoms with Crippen molar-refractivity contribution in [1.82, 2.24) is 10.3 Å². The second-order valence-electron chi connectivity index (χ2n) is 4.81. The first-order valence-corrected chi connectivity index (χ1v) is 7.36. The Balaban J connectivity index is 0.00000242. The van der Waals surface area contributed by atoms with E-state index < -0.39 is 5.54 Å². The van der Waals surface area contributed by atoms with Gasteiger partial charge in [-0.3, -0.25) is 4.79 Å². The first-order valence-electron chi connectivity index (χ1n) is 6.60. The highest BCUT2D eigenvalue weighted by molar-refractivity contribution is 6.35. The van der Waals surface area contributed by atoms with Crippen LogP contribution in [0.5, 0.6) is 5.88 Å². The summed E-state index contributed by atoms with van der Waals surface area (Å²) in [6.07, 6.45) is 2.48. The SMILES string of the molecule is Cl.Cl.NC1(C(=O)NCCOc2ncc(Cl)cc2Cl)CCOCC1. The summed E-state index contributed by atoms with van der Waals surface area (Å²) in [6.45, 7) is 1.57. The van der Waals surface area contributed by atoms with Crippen LogP contribution in [0.4, 0.5) is 0 Å². The zero-order valence-electron chi connectivity index (χ0n) is 12.2. The number of hydrogen-bond acceptors (Lipinski definition) is 5. The normalized spacial score (nSPS) is 15.8. The van der Waals surface area contributed by atoms with E-state index in [0.717, 1.165) is 0 Å². The molecule has 3 N–H and O–H groups in total. The van der Waals surface area contributed by atoms with Crippen LogP contribution < -0.4 is 15.8 Å². The second-order valence-corrected chi connectivity index (χ2v) is 5.66. The van der Waals surface area contributed by atoms with Crippen molar-refractivity contribution in [2.75, 3.05) is 26.4 Å². The summed E-state index contributed by atoms with van der Waals surface area (Å²) in [5, 5.41) is 3.52. The number of carbonyl (C=O) groups is 1. The average molecular weight is 407 g/mol. The summed E-state index contributed by atoms with van der Waals surface area (Å²) >= 11 is 11.7. The largest absolute Gasteiger partial charge is 0.475 e. The fourth-order valence-corrected chi connectivity index (χ4v) is 2.39. The summed E-state index contributed by atoms with van der Waals surface area (Å²) < 4.78 is 10.6. The molecule has 0 bridgehead atoms. The van der Waals surface area contributed by atoms with Crippen molar-refractivity contribution < 1.29 is 14.3 Å². The third-order valence-corrected chi connectivity index (χ3v) is 3.72. The van der Waals surface area contributed by atoms with Gasteiger partial charge in [0.05, 0.1) is 17.1 Å². The Morgan fingerprint density at radius 1 is 1.39 bits per heavy atom. The van der Waals surface area contributed by atoms with Gasteiger partial charge in [-0.1, -0.05) is 23.2 Å². The highest BCUT2D eigenvalue weighted by Crippen LogP contribution is 2.24. The summed E-state index contributed by atoms with van der Waals surface area (Å²) in [5.74, 6) is 0.0911. The fourth-order valence-electron chi connectivity index (χ4n) is 1.96. The zero-order chi connectivity index (χ0) is 15.3. The van der Waals surface area contributed by atoms with E-state index in [2.05, 4.69) is 10.3 Å². The predicted molar refractivity (Wildman–Crippen MR) is 94.2 cm³/mol. The van der Waals surface area contributed by atoms with Crippen LogP contribution in [0, 0.1) is 0 Å². The number of pyridine rings is 1. The number of rotatable bonds is 5. The predicted octanol–water partition coefficient (Wildman–Crippen LogP) is 2.23. The maximum absolute atomic E-state index is 12.0. The maximum Gasteiger partial charge on any atom is 0.240 e. The summed E-state index contributed by atoms with van der Waals surface area (Å²) in [7, 11) is 0. The molecule has 23 heavy (non-hydrogen) atoms. The lowest BCUT2D eigenvalue weighted by Gasteiger charge is -2.31. The van der Waals surface area contributed by atoms with E-state index in [0.29, 0.717) is 42.6 Å². The van der Waals surface area contributed by atoms with E-state index in [1.165, 1.54) is 6.20 Å². The Bertz CT molecular complexity index is 513. The molecule has 1 saturated heterocycles. The van der Waals surface area contributed by atoms with Crippen molar-refractivity contribution in [3.05, 3.63) is 22.3 Å². The Labute approximate surface area is 157 Å². The topological polar surface area (TPSA) is 86.5 Å². The van der Waals surface area contributed by atoms with E-state index in [-0.39, 0.29) is 43.2 Å². The molecule has 0 aromatic carbocycles. The average Bonchev–Trinajstić information content (AvgIpc) is 2.46. The molecule has 6 nitrogen and oxygen atoms in total. The number of halogens is 4. The molecular weight excluding hydrogens is 388 g/mol. The number of carbonyl (C=O) groups excluding carboxylic acids is 1. The Hall–Kier alpha value is -0.500. The number of nitrogens with two attached hydrogens (primary N) is 1. The molecule has 1 aliphatic rings. The molecule has 0 radical (unpaired) electrons. The molecule has 2 rings (SSSR count). The summed E-state index contributed by atoms with van der Waals surface area (Å²) in [5.41, 5.74) is 5.20. The standard InChI is InChI=1S/C13H17Cl2N3O3.2ClH/c14-9-7-10(15)11(18-8-9)21-6-3-17-12(19)13(16)1-4-20-5-2-13;;/h7-8H,1-6,16H2,(H,17,19);2*1H. The first kappa shape index (κ1) is 22.5. The van der Waals surface area contributed by atoms with E-state index >= 15 is 0 Å². The van der Waals surface area contributed by atoms with Crippen molar-refractivity contribution >= 4 is 53.9 Å². The second kappa shape index (κ2) is 10.4. The molecule has 0 unspecified atom stereocenters. The van der Waals surface area contributed by atoms with Gasteiger partial charge in [-0.05, 0) is 18.9 Å². The van der Waals surface area contributed by atoms with Gasteiger partial charge in [0.15, 0.2) is 0 Å². The van der Waals surface area contributed by atoms with Gasteiger partial charge < -0.3 is 20.5 Å². The van der Waals surface area contributed by atoms with Crippen LogP contribution in [0.1, 0.15) is 12.8 Å². The van der Waals surface area contributed by atoms with Gasteiger partial charge in [0.25, 0.3) is 0 Å². The molecule has 0 aliphatic carbocycles. The smallest absolute Gasteiger partial charge is 0.240 e. The number of amides is 1. The molecular formula is C13H19Cl4N3O3. The van der Waals surface area contributed by atoms with Crippen LogP contribution in [0.2, 0.25) is 10.0 Å². The van der Waals surface area contributed by atoms with Crippen molar-refractivity contribution in [3.8, 4) is 5.88 Å². The molecule has 10 heteroatoms. The Morgan fingerprint density at radius 2 is 2.04 bits per heavy atom. The fraction of sp³-hybridized carbons (Fsp3) is 0.538. The molecule has 1 fully saturated rings. The van der Waals surface area contributed by atoms with Gasteiger partial charge in [0.1, 0.15) is 11.6 Å². The minimum absolute atomic E-state index is 0. The van der Waals surface area contributed by atoms with E-state index in [9.17, 15) is 4.79 Å². The van der Waals surface area contributed by atoms with Crippen molar-refractivity contribution in [3.63, 3.8) is 0 Å². The van der Waals surface area contributed by atoms with Gasteiger partial charge >= 0.3 is 0 Å². The zero-order valence-corrected chi connectivity index (χ0v) is 15.4. The molecule has 0 atom stereocenters. The number of hydrogen-bond donors (Lipinski definition) is 2. The lowest BCUT2D eigenvalue weighted by atomic mass is 9.90. The van der Waals surface area contributed by atoms with Gasteiger partial charge in [-0.15, -0.1) is 24.8 Å². The third-order valence-electron chi connectivity index (χ3n) is 3.24. The number of ether oxygens (including phenoxy) is 2. The van der Waals surface area contributed by atoms with Crippen LogP contribution >= 0.6 is 48.0 Å². The number of nitrogens with zero attached hydrogens (tertiary/aromatic N) is 1. The molecule has 1 amide bonds. The summed E-state index contributed by atoms with van der Waals surface area (Å²) in [6, 6.07) is 1.54. The first-order chi connectivity index (χ1) is 10.0. The molecule has 2 heterocycles. The van der Waals surface area contributed by atoms with Crippen LogP contribution in [0.3, 0.4) is 0 Å². The highest BCUT2D eigenvalue weighted by Gasteiger charge is 2.35. The number of nitrogens with one attached hydrogen (secondary N) is 1. The Morgan fingerprint density at radius 3 is 2.65 bits per heavy atom. The quantitative estimate of drug-likeness (QED) is 0.732. The van der Waals surface area contributed by atoms with E-state index in [4.69, 9.17) is 38.4 Å². The minimum Gasteiger partial charge on any atom is -0.475 e. The lowest BCUT2D eigenvalue weighted by Crippen LogP contribution is -2.57. The molecule has 0 spiro atoms. The van der Waals surface area contributed by atoms with Crippen molar-refractivity contribution in [1.29, 1.82) is 0 Å². The van der Waals surface area contributed by atoms with Crippen molar-refractivity contribution in [2.24, 2.45) is 5.73 Å². The van der Waals surface area contributed by atoms with Crippen LogP contribution in [-0.2, 0) is 9.53 Å². The third kappa shape index (κ3) is 6.49. The lowest BCUT2D eigenvalue weighted by molar-refractivity contribution is -0.129. The molecule has 1 aliphatic heterocycles. The van der Waals surface area contributed by atoms with Crippen LogP contribution in [-0.4, -0.2) is 42.8 Å². The van der Waals surface area contributed by atoms with Gasteiger partial charge in [-0.2, -0.15) is 0 Å². The molecule has 1 aromatic heterocycles. The monoisotopic (exact) mass is 405 g/mol. The highest BCUT2D eigenvalue weighted by atomic mass is 35.5. The Kier molecular flexibility index (Phi) is 10.2. The van der Waals surface area contributed by atoms with Gasteiger partial charge in [0.2, 0.25) is 11.8 Å². The van der Waals surface area contributed by atoms with E-state index in [1.54, 1.807) is 6.07 Å².